The number of rotatable bonds is 4. The minimum Gasteiger partial charge on any atom is -0.497 e. The molecule has 1 atom stereocenters. The number of anilines is 1. The number of benzene rings is 2. The molecule has 2 rings (SSSR count). The van der Waals surface area contributed by atoms with Crippen LogP contribution < -0.4 is 10.1 Å². The van der Waals surface area contributed by atoms with Gasteiger partial charge in [0.2, 0.25) is 11.5 Å². The van der Waals surface area contributed by atoms with Crippen LogP contribution in [0.15, 0.2) is 48.5 Å². The van der Waals surface area contributed by atoms with Gasteiger partial charge in [0.1, 0.15) is 5.75 Å². The minimum atomic E-state index is -5.02. The number of carbonyl (C=O) groups excluding carboxylic acids is 1. The summed E-state index contributed by atoms with van der Waals surface area (Å²) in [7, 11) is 1.30. The van der Waals surface area contributed by atoms with E-state index in [1.807, 2.05) is 0 Å². The lowest BCUT2D eigenvalue weighted by Gasteiger charge is -2.33. The van der Waals surface area contributed by atoms with Gasteiger partial charge in [0.25, 0.3) is 0 Å². The molecule has 128 valence electrons. The Morgan fingerprint density at radius 2 is 1.75 bits per heavy atom. The lowest BCUT2D eigenvalue weighted by molar-refractivity contribution is -0.248. The maximum Gasteiger partial charge on any atom is 0.425 e. The van der Waals surface area contributed by atoms with Crippen LogP contribution in [0.25, 0.3) is 0 Å². The highest BCUT2D eigenvalue weighted by Crippen LogP contribution is 2.47. The molecule has 0 saturated heterocycles. The lowest BCUT2D eigenvalue weighted by atomic mass is 9.84. The van der Waals surface area contributed by atoms with Gasteiger partial charge < -0.3 is 15.2 Å². The first-order chi connectivity index (χ1) is 11.2. The zero-order valence-corrected chi connectivity index (χ0v) is 13.0. The average Bonchev–Trinajstić information content (AvgIpc) is 2.53. The molecule has 0 fully saturated rings. The number of hydrogen-bond donors (Lipinski definition) is 2. The Morgan fingerprint density at radius 1 is 1.12 bits per heavy atom. The topological polar surface area (TPSA) is 58.6 Å². The molecule has 2 N–H and O–H groups in total. The van der Waals surface area contributed by atoms with Crippen molar-refractivity contribution in [3.8, 4) is 5.75 Å². The number of amides is 1. The van der Waals surface area contributed by atoms with Crippen molar-refractivity contribution in [1.29, 1.82) is 0 Å². The molecule has 0 saturated carbocycles. The fraction of sp³-hybridized carbons (Fsp3) is 0.235. The summed E-state index contributed by atoms with van der Waals surface area (Å²) in [6.07, 6.45) is -5.02. The minimum absolute atomic E-state index is 0.123. The van der Waals surface area contributed by atoms with Crippen molar-refractivity contribution in [2.75, 3.05) is 12.4 Å². The molecule has 7 heteroatoms. The lowest BCUT2D eigenvalue weighted by Crippen LogP contribution is -2.44. The van der Waals surface area contributed by atoms with E-state index >= 15 is 0 Å². The molecule has 1 amide bonds. The van der Waals surface area contributed by atoms with Gasteiger partial charge in [-0.15, -0.1) is 0 Å². The zero-order valence-electron chi connectivity index (χ0n) is 13.0. The van der Waals surface area contributed by atoms with Gasteiger partial charge in [-0.2, -0.15) is 13.2 Å². The summed E-state index contributed by atoms with van der Waals surface area (Å²) in [6, 6.07) is 10.4. The molecule has 0 radical (unpaired) electrons. The van der Waals surface area contributed by atoms with Crippen LogP contribution >= 0.6 is 0 Å². The van der Waals surface area contributed by atoms with E-state index < -0.39 is 23.2 Å². The molecule has 24 heavy (non-hydrogen) atoms. The Hall–Kier alpha value is -2.54. The summed E-state index contributed by atoms with van der Waals surface area (Å²) in [5.74, 6) is -0.434. The van der Waals surface area contributed by atoms with Crippen molar-refractivity contribution in [3.05, 3.63) is 59.7 Å². The number of nitrogens with one attached hydrogen (secondary N) is 1. The quantitative estimate of drug-likeness (QED) is 0.897. The van der Waals surface area contributed by atoms with Crippen LogP contribution in [0.5, 0.6) is 5.75 Å². The summed E-state index contributed by atoms with van der Waals surface area (Å²) < 4.78 is 46.4. The number of ether oxygens (including phenoxy) is 1. The molecular formula is C17H16F3NO3. The fourth-order valence-electron chi connectivity index (χ4n) is 2.40. The van der Waals surface area contributed by atoms with Crippen LogP contribution in [0.2, 0.25) is 0 Å². The SMILES string of the molecule is COc1ccc(NC(C)=O)c(C(O)(c2ccccc2)C(F)(F)F)c1. The van der Waals surface area contributed by atoms with Crippen molar-refractivity contribution in [2.24, 2.45) is 0 Å². The predicted molar refractivity (Wildman–Crippen MR) is 82.8 cm³/mol. The largest absolute Gasteiger partial charge is 0.497 e. The van der Waals surface area contributed by atoms with E-state index in [4.69, 9.17) is 4.74 Å². The van der Waals surface area contributed by atoms with E-state index in [-0.39, 0.29) is 17.0 Å². The van der Waals surface area contributed by atoms with E-state index in [0.29, 0.717) is 0 Å². The predicted octanol–water partition coefficient (Wildman–Crippen LogP) is 3.45. The Bertz CT molecular complexity index is 732. The molecule has 0 spiro atoms. The van der Waals surface area contributed by atoms with E-state index in [9.17, 15) is 23.1 Å². The van der Waals surface area contributed by atoms with Crippen LogP contribution in [0.4, 0.5) is 18.9 Å². The number of hydrogen-bond acceptors (Lipinski definition) is 3. The molecule has 2 aromatic rings. The van der Waals surface area contributed by atoms with Crippen LogP contribution in [-0.2, 0) is 10.4 Å². The third-order valence-electron chi connectivity index (χ3n) is 3.53. The molecule has 0 aromatic heterocycles. The fourth-order valence-corrected chi connectivity index (χ4v) is 2.40. The van der Waals surface area contributed by atoms with Gasteiger partial charge in [0, 0.05) is 18.2 Å². The van der Waals surface area contributed by atoms with Gasteiger partial charge in [0.05, 0.1) is 7.11 Å². The second-order valence-electron chi connectivity index (χ2n) is 5.17. The van der Waals surface area contributed by atoms with E-state index in [1.165, 1.54) is 50.4 Å². The monoisotopic (exact) mass is 339 g/mol. The highest BCUT2D eigenvalue weighted by molar-refractivity contribution is 5.90. The normalized spacial score (nSPS) is 13.9. The zero-order chi connectivity index (χ0) is 18.0. The van der Waals surface area contributed by atoms with Crippen molar-refractivity contribution < 1.29 is 27.8 Å². The molecule has 2 aromatic carbocycles. The van der Waals surface area contributed by atoms with Crippen LogP contribution in [0.3, 0.4) is 0 Å². The van der Waals surface area contributed by atoms with Gasteiger partial charge in [-0.1, -0.05) is 30.3 Å². The number of methoxy groups -OCH3 is 1. The molecular weight excluding hydrogens is 323 g/mol. The summed E-state index contributed by atoms with van der Waals surface area (Å²) >= 11 is 0. The summed E-state index contributed by atoms with van der Waals surface area (Å²) in [6.45, 7) is 1.17. The molecule has 0 aliphatic carbocycles. The number of halogens is 3. The molecule has 0 bridgehead atoms. The van der Waals surface area contributed by atoms with Crippen molar-refractivity contribution in [3.63, 3.8) is 0 Å². The summed E-state index contributed by atoms with van der Waals surface area (Å²) in [5.41, 5.74) is -4.33. The summed E-state index contributed by atoms with van der Waals surface area (Å²) in [5, 5.41) is 13.0. The number of carbonyl (C=O) groups is 1. The van der Waals surface area contributed by atoms with E-state index in [2.05, 4.69) is 5.32 Å². The van der Waals surface area contributed by atoms with Gasteiger partial charge in [-0.05, 0) is 23.8 Å². The van der Waals surface area contributed by atoms with E-state index in [0.717, 1.165) is 6.07 Å². The Morgan fingerprint density at radius 3 is 2.25 bits per heavy atom. The van der Waals surface area contributed by atoms with Crippen molar-refractivity contribution in [1.82, 2.24) is 0 Å². The average molecular weight is 339 g/mol. The highest BCUT2D eigenvalue weighted by Gasteiger charge is 2.57. The van der Waals surface area contributed by atoms with Gasteiger partial charge in [-0.3, -0.25) is 4.79 Å². The standard InChI is InChI=1S/C17H16F3NO3/c1-11(22)21-15-9-8-13(24-2)10-14(15)16(23,17(18,19)20)12-6-4-3-5-7-12/h3-10,23H,1-2H3,(H,21,22). The third kappa shape index (κ3) is 3.21. The first kappa shape index (κ1) is 17.8. The Labute approximate surface area is 136 Å². The van der Waals surface area contributed by atoms with Gasteiger partial charge in [-0.25, -0.2) is 0 Å². The molecule has 0 aliphatic rings. The second kappa shape index (κ2) is 6.52. The Kier molecular flexibility index (Phi) is 4.84. The van der Waals surface area contributed by atoms with Crippen LogP contribution in [-0.4, -0.2) is 24.3 Å². The van der Waals surface area contributed by atoms with Crippen LogP contribution in [0.1, 0.15) is 18.1 Å². The maximum atomic E-state index is 13.8. The van der Waals surface area contributed by atoms with Gasteiger partial charge in [0.15, 0.2) is 0 Å². The van der Waals surface area contributed by atoms with Gasteiger partial charge >= 0.3 is 6.18 Å². The highest BCUT2D eigenvalue weighted by atomic mass is 19.4. The molecule has 1 unspecified atom stereocenters. The third-order valence-corrected chi connectivity index (χ3v) is 3.53. The van der Waals surface area contributed by atoms with Crippen molar-refractivity contribution >= 4 is 11.6 Å². The molecule has 0 aliphatic heterocycles. The first-order valence-electron chi connectivity index (χ1n) is 7.01. The van der Waals surface area contributed by atoms with Crippen LogP contribution in [0, 0.1) is 0 Å². The Balaban J connectivity index is 2.77. The molecule has 0 heterocycles. The number of alkyl halides is 3. The first-order valence-corrected chi connectivity index (χ1v) is 7.01. The smallest absolute Gasteiger partial charge is 0.425 e. The number of aliphatic hydroxyl groups is 1. The second-order valence-corrected chi connectivity index (χ2v) is 5.17. The van der Waals surface area contributed by atoms with Crippen molar-refractivity contribution in [2.45, 2.75) is 18.7 Å². The summed E-state index contributed by atoms with van der Waals surface area (Å²) in [4.78, 5) is 11.3. The van der Waals surface area contributed by atoms with E-state index in [1.54, 1.807) is 6.07 Å². The molecule has 4 nitrogen and oxygen atoms in total. The maximum absolute atomic E-state index is 13.8.